The highest BCUT2D eigenvalue weighted by Gasteiger charge is 2.02. The molecule has 7 nitrogen and oxygen atoms in total. The van der Waals surface area contributed by atoms with Crippen molar-refractivity contribution in [1.82, 2.24) is 15.0 Å². The van der Waals surface area contributed by atoms with Gasteiger partial charge in [-0.15, -0.1) is 0 Å². The van der Waals surface area contributed by atoms with Crippen LogP contribution >= 0.6 is 0 Å². The third-order valence-electron chi connectivity index (χ3n) is 1.20. The molecule has 0 radical (unpaired) electrons. The van der Waals surface area contributed by atoms with Crippen LogP contribution in [0.15, 0.2) is 0 Å². The molecule has 0 spiro atoms. The molecule has 0 aliphatic rings. The lowest BCUT2D eigenvalue weighted by Crippen LogP contribution is -2.13. The van der Waals surface area contributed by atoms with Gasteiger partial charge in [-0.25, -0.2) is 5.84 Å². The highest BCUT2D eigenvalue weighted by atomic mass is 16.5. The van der Waals surface area contributed by atoms with Crippen LogP contribution in [0.5, 0.6) is 6.01 Å². The van der Waals surface area contributed by atoms with E-state index in [4.69, 9.17) is 16.3 Å². The van der Waals surface area contributed by atoms with Gasteiger partial charge in [-0.2, -0.15) is 15.0 Å². The molecule has 1 aromatic heterocycles. The van der Waals surface area contributed by atoms with E-state index >= 15 is 0 Å². The Hall–Kier alpha value is -1.63. The van der Waals surface area contributed by atoms with Gasteiger partial charge in [-0.05, 0) is 6.42 Å². The summed E-state index contributed by atoms with van der Waals surface area (Å²) in [7, 11) is 0. The predicted octanol–water partition coefficient (Wildman–Crippen LogP) is -0.472. The smallest absolute Gasteiger partial charge is 0.323 e. The third-order valence-corrected chi connectivity index (χ3v) is 1.20. The Morgan fingerprint density at radius 2 is 2.15 bits per heavy atom. The van der Waals surface area contributed by atoms with Gasteiger partial charge >= 0.3 is 6.01 Å². The van der Waals surface area contributed by atoms with Crippen LogP contribution in [0.25, 0.3) is 0 Å². The number of rotatable bonds is 4. The number of anilines is 2. The molecule has 0 saturated carbocycles. The maximum absolute atomic E-state index is 5.37. The van der Waals surface area contributed by atoms with E-state index < -0.39 is 0 Å². The van der Waals surface area contributed by atoms with Crippen LogP contribution in [0.3, 0.4) is 0 Å². The molecule has 0 bridgehead atoms. The summed E-state index contributed by atoms with van der Waals surface area (Å²) in [5.41, 5.74) is 7.63. The van der Waals surface area contributed by atoms with Gasteiger partial charge in [0.15, 0.2) is 0 Å². The average Bonchev–Trinajstić information content (AvgIpc) is 2.14. The molecule has 0 aliphatic heterocycles. The second-order valence-electron chi connectivity index (χ2n) is 2.29. The maximum Gasteiger partial charge on any atom is 0.323 e. The van der Waals surface area contributed by atoms with Gasteiger partial charge < -0.3 is 10.5 Å². The number of nitrogens with zero attached hydrogens (tertiary/aromatic N) is 3. The molecule has 13 heavy (non-hydrogen) atoms. The first-order valence-electron chi connectivity index (χ1n) is 3.87. The second-order valence-corrected chi connectivity index (χ2v) is 2.29. The molecule has 1 heterocycles. The number of hydrogen-bond donors (Lipinski definition) is 3. The summed E-state index contributed by atoms with van der Waals surface area (Å²) in [5, 5.41) is 0. The van der Waals surface area contributed by atoms with Crippen molar-refractivity contribution in [1.29, 1.82) is 0 Å². The molecule has 1 aromatic rings. The van der Waals surface area contributed by atoms with Gasteiger partial charge in [0.05, 0.1) is 6.61 Å². The second kappa shape index (κ2) is 4.41. The predicted molar refractivity (Wildman–Crippen MR) is 47.8 cm³/mol. The van der Waals surface area contributed by atoms with Gasteiger partial charge in [0, 0.05) is 0 Å². The summed E-state index contributed by atoms with van der Waals surface area (Å²) >= 11 is 0. The first kappa shape index (κ1) is 9.46. The monoisotopic (exact) mass is 184 g/mol. The van der Waals surface area contributed by atoms with Gasteiger partial charge in [0.25, 0.3) is 0 Å². The van der Waals surface area contributed by atoms with Crippen LogP contribution < -0.4 is 21.7 Å². The van der Waals surface area contributed by atoms with Crippen LogP contribution in [-0.2, 0) is 0 Å². The minimum absolute atomic E-state index is 0.0778. The molecule has 0 unspecified atom stereocenters. The molecule has 0 aromatic carbocycles. The van der Waals surface area contributed by atoms with E-state index in [0.29, 0.717) is 6.61 Å². The third kappa shape index (κ3) is 2.71. The Balaban J connectivity index is 2.76. The van der Waals surface area contributed by atoms with Gasteiger partial charge in [-0.3, -0.25) is 5.43 Å². The van der Waals surface area contributed by atoms with Gasteiger partial charge in [-0.1, -0.05) is 6.92 Å². The molecule has 7 heteroatoms. The van der Waals surface area contributed by atoms with Crippen molar-refractivity contribution in [2.45, 2.75) is 13.3 Å². The highest BCUT2D eigenvalue weighted by Crippen LogP contribution is 2.07. The summed E-state index contributed by atoms with van der Waals surface area (Å²) in [5.74, 6) is 5.37. The Bertz CT molecular complexity index is 278. The summed E-state index contributed by atoms with van der Waals surface area (Å²) in [6, 6.07) is 0.183. The number of hydrogen-bond acceptors (Lipinski definition) is 7. The maximum atomic E-state index is 5.37. The fraction of sp³-hybridized carbons (Fsp3) is 0.500. The Kier molecular flexibility index (Phi) is 3.21. The zero-order chi connectivity index (χ0) is 9.68. The molecular weight excluding hydrogens is 172 g/mol. The lowest BCUT2D eigenvalue weighted by Gasteiger charge is -2.04. The summed E-state index contributed by atoms with van der Waals surface area (Å²) in [6.45, 7) is 2.51. The van der Waals surface area contributed by atoms with E-state index in [1.807, 2.05) is 6.92 Å². The minimum atomic E-state index is 0.0778. The van der Waals surface area contributed by atoms with Gasteiger partial charge in [0.2, 0.25) is 11.9 Å². The first-order valence-corrected chi connectivity index (χ1v) is 3.87. The van der Waals surface area contributed by atoms with E-state index in [1.165, 1.54) is 0 Å². The first-order chi connectivity index (χ1) is 6.26. The van der Waals surface area contributed by atoms with Crippen molar-refractivity contribution in [2.24, 2.45) is 5.84 Å². The van der Waals surface area contributed by atoms with Crippen molar-refractivity contribution in [2.75, 3.05) is 17.8 Å². The van der Waals surface area contributed by atoms with E-state index in [0.717, 1.165) is 6.42 Å². The minimum Gasteiger partial charge on any atom is -0.463 e. The van der Waals surface area contributed by atoms with Gasteiger partial charge in [0.1, 0.15) is 0 Å². The lowest BCUT2D eigenvalue weighted by atomic mass is 10.5. The SMILES string of the molecule is CCCOc1nc(N)nc(NN)n1. The fourth-order valence-corrected chi connectivity index (χ4v) is 0.695. The topological polar surface area (TPSA) is 112 Å². The van der Waals surface area contributed by atoms with E-state index in [9.17, 15) is 0 Å². The van der Waals surface area contributed by atoms with Crippen molar-refractivity contribution in [3.8, 4) is 6.01 Å². The number of hydrazine groups is 1. The highest BCUT2D eigenvalue weighted by molar-refractivity contribution is 5.30. The normalized spacial score (nSPS) is 9.69. The zero-order valence-corrected chi connectivity index (χ0v) is 7.32. The number of aromatic nitrogens is 3. The molecule has 1 rings (SSSR count). The van der Waals surface area contributed by atoms with E-state index in [2.05, 4.69) is 20.4 Å². The largest absolute Gasteiger partial charge is 0.463 e. The van der Waals surface area contributed by atoms with Crippen LogP contribution in [0.2, 0.25) is 0 Å². The molecule has 0 amide bonds. The van der Waals surface area contributed by atoms with Crippen molar-refractivity contribution in [3.05, 3.63) is 0 Å². The summed E-state index contributed by atoms with van der Waals surface area (Å²) in [4.78, 5) is 11.3. The lowest BCUT2D eigenvalue weighted by molar-refractivity contribution is 0.292. The van der Waals surface area contributed by atoms with E-state index in [-0.39, 0.29) is 17.9 Å². The average molecular weight is 184 g/mol. The van der Waals surface area contributed by atoms with Crippen LogP contribution in [0, 0.1) is 0 Å². The number of ether oxygens (including phenoxy) is 1. The molecular formula is C6H12N6O. The van der Waals surface area contributed by atoms with Crippen LogP contribution in [-0.4, -0.2) is 21.6 Å². The summed E-state index contributed by atoms with van der Waals surface area (Å²) < 4.78 is 5.14. The Morgan fingerprint density at radius 3 is 2.77 bits per heavy atom. The van der Waals surface area contributed by atoms with Crippen molar-refractivity contribution >= 4 is 11.9 Å². The Labute approximate surface area is 75.5 Å². The van der Waals surface area contributed by atoms with Crippen LogP contribution in [0.4, 0.5) is 11.9 Å². The van der Waals surface area contributed by atoms with E-state index in [1.54, 1.807) is 0 Å². The molecule has 0 saturated heterocycles. The van der Waals surface area contributed by atoms with Crippen LogP contribution in [0.1, 0.15) is 13.3 Å². The molecule has 72 valence electrons. The zero-order valence-electron chi connectivity index (χ0n) is 7.32. The number of nitrogens with two attached hydrogens (primary N) is 2. The molecule has 0 aliphatic carbocycles. The number of nitrogen functional groups attached to an aromatic ring is 2. The number of nitrogens with one attached hydrogen (secondary N) is 1. The Morgan fingerprint density at radius 1 is 1.38 bits per heavy atom. The fourth-order valence-electron chi connectivity index (χ4n) is 0.695. The van der Waals surface area contributed by atoms with Crippen molar-refractivity contribution < 1.29 is 4.74 Å². The molecule has 5 N–H and O–H groups in total. The quantitative estimate of drug-likeness (QED) is 0.428. The standard InChI is InChI=1S/C6H12N6O/c1-2-3-13-6-10-4(7)9-5(11-6)12-8/h2-3,8H2,1H3,(H3,7,9,10,11,12). The molecule has 0 fully saturated rings. The molecule has 0 atom stereocenters. The summed E-state index contributed by atoms with van der Waals surface area (Å²) in [6.07, 6.45) is 0.872. The van der Waals surface area contributed by atoms with Crippen molar-refractivity contribution in [3.63, 3.8) is 0 Å².